The number of benzene rings is 2. The second-order valence-electron chi connectivity index (χ2n) is 9.56. The number of aromatic nitrogens is 1. The van der Waals surface area contributed by atoms with Gasteiger partial charge in [-0.05, 0) is 36.8 Å². The summed E-state index contributed by atoms with van der Waals surface area (Å²) in [4.78, 5) is 57.5. The molecule has 2 saturated heterocycles. The van der Waals surface area contributed by atoms with Crippen molar-refractivity contribution in [3.05, 3.63) is 78.7 Å². The van der Waals surface area contributed by atoms with Crippen LogP contribution < -0.4 is 9.77 Å². The van der Waals surface area contributed by atoms with E-state index >= 15 is 0 Å². The number of hydrogen-bond acceptors (Lipinski definition) is 7. The molecule has 3 atom stereocenters. The number of carbonyl (C=O) groups is 3. The van der Waals surface area contributed by atoms with Crippen LogP contribution in [-0.2, 0) is 25.7 Å². The quantitative estimate of drug-likeness (QED) is 0.418. The summed E-state index contributed by atoms with van der Waals surface area (Å²) in [7, 11) is 0. The van der Waals surface area contributed by atoms with Crippen molar-refractivity contribution >= 4 is 62.4 Å². The van der Waals surface area contributed by atoms with Crippen LogP contribution in [0.3, 0.4) is 0 Å². The van der Waals surface area contributed by atoms with Crippen LogP contribution in [0.4, 0.5) is 5.69 Å². The van der Waals surface area contributed by atoms with Gasteiger partial charge in [0.2, 0.25) is 17.7 Å². The molecule has 1 aromatic heterocycles. The van der Waals surface area contributed by atoms with Crippen LogP contribution in [0.1, 0.15) is 21.9 Å². The highest BCUT2D eigenvalue weighted by molar-refractivity contribution is 9.10. The zero-order valence-corrected chi connectivity index (χ0v) is 23.7. The van der Waals surface area contributed by atoms with Crippen LogP contribution in [0.2, 0.25) is 0 Å². The Morgan fingerprint density at radius 1 is 1.05 bits per heavy atom. The largest absolute Gasteiger partial charge is 0.378 e. The molecular formula is C27H24BrN3O5S2. The van der Waals surface area contributed by atoms with Crippen molar-refractivity contribution in [1.82, 2.24) is 9.47 Å². The number of thioether (sulfide) groups is 1. The molecule has 2 fully saturated rings. The average molecular weight is 615 g/mol. The number of amides is 3. The number of nitrogens with zero attached hydrogens (tertiary/aromatic N) is 3. The van der Waals surface area contributed by atoms with Crippen LogP contribution in [-0.4, -0.2) is 58.7 Å². The molecule has 4 heterocycles. The lowest BCUT2D eigenvalue weighted by molar-refractivity contribution is -0.136. The Balaban J connectivity index is 1.44. The van der Waals surface area contributed by atoms with Crippen LogP contribution >= 0.6 is 39.0 Å². The van der Waals surface area contributed by atoms with Crippen molar-refractivity contribution in [2.45, 2.75) is 29.7 Å². The number of halogens is 1. The number of rotatable bonds is 4. The summed E-state index contributed by atoms with van der Waals surface area (Å²) >= 11 is 5.82. The molecule has 0 aliphatic carbocycles. The maximum absolute atomic E-state index is 13.9. The van der Waals surface area contributed by atoms with Crippen molar-refractivity contribution in [2.75, 3.05) is 31.2 Å². The van der Waals surface area contributed by atoms with Gasteiger partial charge in [0.1, 0.15) is 11.8 Å². The molecule has 2 aromatic carbocycles. The summed E-state index contributed by atoms with van der Waals surface area (Å²) in [6.07, 6.45) is 0. The first kappa shape index (κ1) is 25.5. The fraction of sp³-hybridized carbons (Fsp3) is 0.333. The number of thiazole rings is 1. The van der Waals surface area contributed by atoms with E-state index in [0.717, 1.165) is 31.8 Å². The fourth-order valence-electron chi connectivity index (χ4n) is 5.31. The lowest BCUT2D eigenvalue weighted by Gasteiger charge is -2.31. The standard InChI is InChI=1S/C27H24BrN3O5S2/c1-15-5-7-18(8-6-15)31-24(33)21-20(16-3-2-4-17(28)13-16)23-26(37-22(21)25(31)34)30(27(35)38-23)14-19(32)29-9-11-36-12-10-29/h2-8,13,20-22H,9-12,14H2,1H3/t20-,21-,22+/m0/s1. The van der Waals surface area contributed by atoms with E-state index in [1.807, 2.05) is 43.3 Å². The number of hydrogen-bond donors (Lipinski definition) is 0. The first-order chi connectivity index (χ1) is 18.3. The number of morpholine rings is 1. The smallest absolute Gasteiger partial charge is 0.308 e. The summed E-state index contributed by atoms with van der Waals surface area (Å²) in [6, 6.07) is 15.0. The van der Waals surface area contributed by atoms with Crippen LogP contribution in [0, 0.1) is 12.8 Å². The van der Waals surface area contributed by atoms with Gasteiger partial charge < -0.3 is 9.64 Å². The Hall–Kier alpha value is -2.73. The van der Waals surface area contributed by atoms with E-state index < -0.39 is 17.1 Å². The van der Waals surface area contributed by atoms with Gasteiger partial charge in [0.05, 0.1) is 29.8 Å². The normalized spacial score (nSPS) is 22.9. The summed E-state index contributed by atoms with van der Waals surface area (Å²) in [6.45, 7) is 3.75. The second kappa shape index (κ2) is 10.1. The van der Waals surface area contributed by atoms with Crippen LogP contribution in [0.15, 0.2) is 62.8 Å². The van der Waals surface area contributed by atoms with E-state index in [1.54, 1.807) is 17.0 Å². The molecule has 8 nitrogen and oxygen atoms in total. The number of carbonyl (C=O) groups excluding carboxylic acids is 3. The van der Waals surface area contributed by atoms with Gasteiger partial charge in [-0.1, -0.05) is 68.9 Å². The Labute approximate surface area is 235 Å². The predicted octanol–water partition coefficient (Wildman–Crippen LogP) is 3.64. The highest BCUT2D eigenvalue weighted by atomic mass is 79.9. The molecule has 3 aliphatic rings. The second-order valence-corrected chi connectivity index (χ2v) is 12.6. The molecule has 0 bridgehead atoms. The molecule has 196 valence electrons. The molecule has 3 aliphatic heterocycles. The number of ether oxygens (including phenoxy) is 1. The summed E-state index contributed by atoms with van der Waals surface area (Å²) < 4.78 is 7.67. The van der Waals surface area contributed by atoms with Gasteiger partial charge in [-0.2, -0.15) is 0 Å². The summed E-state index contributed by atoms with van der Waals surface area (Å²) in [5.74, 6) is -1.89. The van der Waals surface area contributed by atoms with Gasteiger partial charge in [0.25, 0.3) is 0 Å². The highest BCUT2D eigenvalue weighted by Crippen LogP contribution is 2.54. The molecule has 0 saturated carbocycles. The first-order valence-corrected chi connectivity index (χ1v) is 14.8. The van der Waals surface area contributed by atoms with E-state index in [4.69, 9.17) is 4.74 Å². The van der Waals surface area contributed by atoms with Gasteiger partial charge in [-0.15, -0.1) is 0 Å². The van der Waals surface area contributed by atoms with Crippen molar-refractivity contribution in [1.29, 1.82) is 0 Å². The van der Waals surface area contributed by atoms with Crippen LogP contribution in [0.5, 0.6) is 0 Å². The Morgan fingerprint density at radius 2 is 1.79 bits per heavy atom. The third kappa shape index (κ3) is 4.35. The highest BCUT2D eigenvalue weighted by Gasteiger charge is 2.56. The van der Waals surface area contributed by atoms with Gasteiger partial charge in [0.15, 0.2) is 0 Å². The molecular weight excluding hydrogens is 590 g/mol. The molecule has 11 heteroatoms. The maximum Gasteiger partial charge on any atom is 0.308 e. The molecule has 6 rings (SSSR count). The minimum absolute atomic E-state index is 0.107. The molecule has 3 amide bonds. The van der Waals surface area contributed by atoms with E-state index in [9.17, 15) is 19.2 Å². The number of aryl methyl sites for hydroxylation is 1. The SMILES string of the molecule is Cc1ccc(N2C(=O)[C@H]3[C@H](c4cccc(Br)c4)c4sc(=O)n(CC(=O)N5CCOCC5)c4S[C@H]3C2=O)cc1. The van der Waals surface area contributed by atoms with E-state index in [-0.39, 0.29) is 29.1 Å². The van der Waals surface area contributed by atoms with Crippen molar-refractivity contribution < 1.29 is 19.1 Å². The summed E-state index contributed by atoms with van der Waals surface area (Å²) in [5, 5.41) is -0.112. The van der Waals surface area contributed by atoms with Crippen molar-refractivity contribution in [3.63, 3.8) is 0 Å². The zero-order valence-electron chi connectivity index (χ0n) is 20.5. The number of fused-ring (bicyclic) bond motifs is 2. The van der Waals surface area contributed by atoms with Gasteiger partial charge in [-0.25, -0.2) is 4.90 Å². The number of anilines is 1. The zero-order chi connectivity index (χ0) is 26.6. The van der Waals surface area contributed by atoms with Crippen LogP contribution in [0.25, 0.3) is 0 Å². The minimum atomic E-state index is -0.709. The van der Waals surface area contributed by atoms with E-state index in [1.165, 1.54) is 21.2 Å². The lowest BCUT2D eigenvalue weighted by Crippen LogP contribution is -2.43. The Kier molecular flexibility index (Phi) is 6.79. The Morgan fingerprint density at radius 3 is 2.50 bits per heavy atom. The average Bonchev–Trinajstić information content (AvgIpc) is 3.36. The van der Waals surface area contributed by atoms with Gasteiger partial charge in [-0.3, -0.25) is 23.7 Å². The molecule has 0 radical (unpaired) electrons. The first-order valence-electron chi connectivity index (χ1n) is 12.3. The molecule has 0 N–H and O–H groups in total. The molecule has 0 unspecified atom stereocenters. The molecule has 38 heavy (non-hydrogen) atoms. The van der Waals surface area contributed by atoms with Gasteiger partial charge >= 0.3 is 4.87 Å². The third-order valence-electron chi connectivity index (χ3n) is 7.21. The van der Waals surface area contributed by atoms with Gasteiger partial charge in [0, 0.05) is 28.4 Å². The number of imide groups is 1. The Bertz CT molecular complexity index is 1500. The topological polar surface area (TPSA) is 88.9 Å². The summed E-state index contributed by atoms with van der Waals surface area (Å²) in [5.41, 5.74) is 2.41. The molecule has 0 spiro atoms. The van der Waals surface area contributed by atoms with Crippen molar-refractivity contribution in [2.24, 2.45) is 5.92 Å². The maximum atomic E-state index is 13.9. The monoisotopic (exact) mass is 613 g/mol. The lowest BCUT2D eigenvalue weighted by atomic mass is 9.83. The predicted molar refractivity (Wildman–Crippen MR) is 149 cm³/mol. The fourth-order valence-corrected chi connectivity index (χ4v) is 8.50. The molecule has 3 aromatic rings. The third-order valence-corrected chi connectivity index (χ3v) is 10.3. The van der Waals surface area contributed by atoms with E-state index in [2.05, 4.69) is 15.9 Å². The minimum Gasteiger partial charge on any atom is -0.378 e. The van der Waals surface area contributed by atoms with Crippen molar-refractivity contribution in [3.8, 4) is 0 Å². The van der Waals surface area contributed by atoms with E-state index in [0.29, 0.717) is 37.0 Å².